The summed E-state index contributed by atoms with van der Waals surface area (Å²) in [6.07, 6.45) is 4.97. The van der Waals surface area contributed by atoms with Crippen LogP contribution in [0.25, 0.3) is 0 Å². The summed E-state index contributed by atoms with van der Waals surface area (Å²) in [6.45, 7) is 3.84. The summed E-state index contributed by atoms with van der Waals surface area (Å²) in [5, 5.41) is 3.21. The molecule has 0 amide bonds. The molecule has 2 rings (SSSR count). The topological polar surface area (TPSA) is 29.1 Å². The van der Waals surface area contributed by atoms with Crippen LogP contribution in [0.3, 0.4) is 0 Å². The molecule has 18 heavy (non-hydrogen) atoms. The summed E-state index contributed by atoms with van der Waals surface area (Å²) in [7, 11) is 0. The molecule has 0 aromatic heterocycles. The standard InChI is InChI=1S/C16H23NO/c1-2-17-11-10-15(18)12-14-8-5-7-13-6-3-4-9-16(13)14/h3-4,6,9,14,17H,2,5,7-8,10-12H2,1H3. The maximum Gasteiger partial charge on any atom is 0.134 e. The number of Topliss-reactive ketones (excluding diaryl/α,β-unsaturated/α-hetero) is 1. The number of aryl methyl sites for hydroxylation is 1. The van der Waals surface area contributed by atoms with E-state index in [1.165, 1.54) is 30.4 Å². The van der Waals surface area contributed by atoms with Crippen molar-refractivity contribution in [3.8, 4) is 0 Å². The Morgan fingerprint density at radius 3 is 3.06 bits per heavy atom. The van der Waals surface area contributed by atoms with E-state index < -0.39 is 0 Å². The second kappa shape index (κ2) is 6.69. The largest absolute Gasteiger partial charge is 0.317 e. The van der Waals surface area contributed by atoms with Crippen LogP contribution in [-0.4, -0.2) is 18.9 Å². The summed E-state index contributed by atoms with van der Waals surface area (Å²) in [4.78, 5) is 12.0. The fourth-order valence-electron chi connectivity index (χ4n) is 2.85. The van der Waals surface area contributed by atoms with E-state index in [2.05, 4.69) is 36.5 Å². The van der Waals surface area contributed by atoms with Gasteiger partial charge in [0.1, 0.15) is 5.78 Å². The Morgan fingerprint density at radius 2 is 2.22 bits per heavy atom. The molecule has 0 saturated heterocycles. The molecular weight excluding hydrogens is 222 g/mol. The zero-order valence-corrected chi connectivity index (χ0v) is 11.2. The summed E-state index contributed by atoms with van der Waals surface area (Å²) in [5.41, 5.74) is 2.87. The molecule has 0 saturated carbocycles. The minimum atomic E-state index is 0.401. The summed E-state index contributed by atoms with van der Waals surface area (Å²) in [5.74, 6) is 0.863. The third-order valence-corrected chi connectivity index (χ3v) is 3.80. The van der Waals surface area contributed by atoms with Crippen molar-refractivity contribution in [2.45, 2.75) is 44.9 Å². The Labute approximate surface area is 110 Å². The van der Waals surface area contributed by atoms with Gasteiger partial charge in [-0.3, -0.25) is 4.79 Å². The van der Waals surface area contributed by atoms with E-state index in [1.54, 1.807) is 0 Å². The molecule has 0 spiro atoms. The van der Waals surface area contributed by atoms with Crippen molar-refractivity contribution < 1.29 is 4.79 Å². The first-order valence-corrected chi connectivity index (χ1v) is 7.11. The molecule has 0 fully saturated rings. The van der Waals surface area contributed by atoms with Gasteiger partial charge in [-0.25, -0.2) is 0 Å². The number of rotatable bonds is 6. The second-order valence-electron chi connectivity index (χ2n) is 5.13. The quantitative estimate of drug-likeness (QED) is 0.780. The van der Waals surface area contributed by atoms with Crippen molar-refractivity contribution in [1.82, 2.24) is 5.32 Å². The van der Waals surface area contributed by atoms with Gasteiger partial charge < -0.3 is 5.32 Å². The zero-order chi connectivity index (χ0) is 12.8. The number of fused-ring (bicyclic) bond motifs is 1. The smallest absolute Gasteiger partial charge is 0.134 e. The van der Waals surface area contributed by atoms with Crippen LogP contribution in [-0.2, 0) is 11.2 Å². The van der Waals surface area contributed by atoms with Crippen LogP contribution in [0.2, 0.25) is 0 Å². The molecule has 1 aliphatic rings. The monoisotopic (exact) mass is 245 g/mol. The van der Waals surface area contributed by atoms with E-state index in [4.69, 9.17) is 0 Å². The van der Waals surface area contributed by atoms with Crippen molar-refractivity contribution in [1.29, 1.82) is 0 Å². The van der Waals surface area contributed by atoms with E-state index in [0.29, 0.717) is 18.1 Å². The van der Waals surface area contributed by atoms with Gasteiger partial charge >= 0.3 is 0 Å². The number of carbonyl (C=O) groups is 1. The van der Waals surface area contributed by atoms with Crippen LogP contribution in [0.15, 0.2) is 24.3 Å². The zero-order valence-electron chi connectivity index (χ0n) is 11.2. The van der Waals surface area contributed by atoms with E-state index in [1.807, 2.05) is 0 Å². The molecule has 0 radical (unpaired) electrons. The van der Waals surface area contributed by atoms with Crippen molar-refractivity contribution in [2.75, 3.05) is 13.1 Å². The Morgan fingerprint density at radius 1 is 1.39 bits per heavy atom. The van der Waals surface area contributed by atoms with Gasteiger partial charge in [-0.2, -0.15) is 0 Å². The van der Waals surface area contributed by atoms with Crippen LogP contribution in [0, 0.1) is 0 Å². The summed E-state index contributed by atoms with van der Waals surface area (Å²) < 4.78 is 0. The maximum absolute atomic E-state index is 12.0. The number of benzene rings is 1. The van der Waals surface area contributed by atoms with Gasteiger partial charge in [-0.05, 0) is 42.9 Å². The summed E-state index contributed by atoms with van der Waals surface area (Å²) >= 11 is 0. The molecule has 1 aromatic carbocycles. The number of hydrogen-bond acceptors (Lipinski definition) is 2. The number of nitrogens with one attached hydrogen (secondary N) is 1. The average Bonchev–Trinajstić information content (AvgIpc) is 2.39. The normalized spacial score (nSPS) is 18.4. The lowest BCUT2D eigenvalue weighted by molar-refractivity contribution is -0.119. The highest BCUT2D eigenvalue weighted by Crippen LogP contribution is 2.34. The van der Waals surface area contributed by atoms with Gasteiger partial charge in [0, 0.05) is 19.4 Å². The maximum atomic E-state index is 12.0. The van der Waals surface area contributed by atoms with Crippen LogP contribution >= 0.6 is 0 Å². The van der Waals surface area contributed by atoms with E-state index in [-0.39, 0.29) is 0 Å². The van der Waals surface area contributed by atoms with E-state index in [0.717, 1.165) is 19.5 Å². The minimum absolute atomic E-state index is 0.401. The fraction of sp³-hybridized carbons (Fsp3) is 0.562. The third kappa shape index (κ3) is 3.42. The lowest BCUT2D eigenvalue weighted by Crippen LogP contribution is -2.19. The van der Waals surface area contributed by atoms with E-state index >= 15 is 0 Å². The first-order valence-electron chi connectivity index (χ1n) is 7.11. The molecule has 1 unspecified atom stereocenters. The van der Waals surface area contributed by atoms with Crippen molar-refractivity contribution in [2.24, 2.45) is 0 Å². The summed E-state index contributed by atoms with van der Waals surface area (Å²) in [6, 6.07) is 8.62. The molecule has 1 aliphatic carbocycles. The van der Waals surface area contributed by atoms with Gasteiger partial charge in [0.2, 0.25) is 0 Å². The number of hydrogen-bond donors (Lipinski definition) is 1. The predicted octanol–water partition coefficient (Wildman–Crippen LogP) is 3.07. The molecule has 1 aromatic rings. The molecule has 1 atom stereocenters. The number of carbonyl (C=O) groups excluding carboxylic acids is 1. The highest BCUT2D eigenvalue weighted by Gasteiger charge is 2.21. The lowest BCUT2D eigenvalue weighted by Gasteiger charge is -2.24. The fourth-order valence-corrected chi connectivity index (χ4v) is 2.85. The number of ketones is 1. The van der Waals surface area contributed by atoms with Crippen molar-refractivity contribution >= 4 is 5.78 Å². The molecular formula is C16H23NO. The van der Waals surface area contributed by atoms with Gasteiger partial charge in [0.15, 0.2) is 0 Å². The first kappa shape index (κ1) is 13.3. The molecule has 98 valence electrons. The SMILES string of the molecule is CCNCCC(=O)CC1CCCc2ccccc21. The van der Waals surface area contributed by atoms with Gasteiger partial charge in [0.05, 0.1) is 0 Å². The molecule has 0 aliphatic heterocycles. The Balaban J connectivity index is 1.92. The Hall–Kier alpha value is -1.15. The molecule has 0 heterocycles. The van der Waals surface area contributed by atoms with Crippen LogP contribution in [0.1, 0.15) is 49.7 Å². The highest BCUT2D eigenvalue weighted by atomic mass is 16.1. The second-order valence-corrected chi connectivity index (χ2v) is 5.13. The van der Waals surface area contributed by atoms with E-state index in [9.17, 15) is 4.79 Å². The van der Waals surface area contributed by atoms with Gasteiger partial charge in [-0.15, -0.1) is 0 Å². The third-order valence-electron chi connectivity index (χ3n) is 3.80. The molecule has 2 heteroatoms. The van der Waals surface area contributed by atoms with Crippen molar-refractivity contribution in [3.05, 3.63) is 35.4 Å². The highest BCUT2D eigenvalue weighted by molar-refractivity contribution is 5.79. The van der Waals surface area contributed by atoms with Crippen LogP contribution in [0.4, 0.5) is 0 Å². The average molecular weight is 245 g/mol. The molecule has 2 nitrogen and oxygen atoms in total. The molecule has 0 bridgehead atoms. The van der Waals surface area contributed by atoms with Crippen molar-refractivity contribution in [3.63, 3.8) is 0 Å². The first-order chi connectivity index (χ1) is 8.81. The lowest BCUT2D eigenvalue weighted by atomic mass is 9.80. The van der Waals surface area contributed by atoms with Crippen LogP contribution < -0.4 is 5.32 Å². The minimum Gasteiger partial charge on any atom is -0.317 e. The Bertz CT molecular complexity index is 400. The Kier molecular flexibility index (Phi) is 4.94. The molecule has 1 N–H and O–H groups in total. The van der Waals surface area contributed by atoms with Gasteiger partial charge in [0.25, 0.3) is 0 Å². The van der Waals surface area contributed by atoms with Crippen LogP contribution in [0.5, 0.6) is 0 Å². The predicted molar refractivity (Wildman–Crippen MR) is 74.9 cm³/mol. The van der Waals surface area contributed by atoms with Gasteiger partial charge in [-0.1, -0.05) is 31.2 Å².